The Bertz CT molecular complexity index is 1000. The second-order valence-electron chi connectivity index (χ2n) is 7.80. The fourth-order valence-corrected chi connectivity index (χ4v) is 4.56. The van der Waals surface area contributed by atoms with E-state index in [0.717, 1.165) is 37.5 Å². The van der Waals surface area contributed by atoms with Crippen LogP contribution in [0.2, 0.25) is 0 Å². The Balaban J connectivity index is 1.33. The van der Waals surface area contributed by atoms with Crippen molar-refractivity contribution < 1.29 is 5.11 Å². The molecule has 0 radical (unpaired) electrons. The third-order valence-corrected chi connectivity index (χ3v) is 6.03. The highest BCUT2D eigenvalue weighted by atomic mass is 16.3. The lowest BCUT2D eigenvalue weighted by Crippen LogP contribution is -2.45. The van der Waals surface area contributed by atoms with Crippen LogP contribution in [0.25, 0.3) is 11.1 Å². The van der Waals surface area contributed by atoms with E-state index >= 15 is 0 Å². The molecule has 1 fully saturated rings. The first-order valence-electron chi connectivity index (χ1n) is 10.2. The summed E-state index contributed by atoms with van der Waals surface area (Å²) in [6.45, 7) is 5.83. The molecule has 0 aromatic heterocycles. The average molecular weight is 383 g/mol. The summed E-state index contributed by atoms with van der Waals surface area (Å²) in [5.41, 5.74) is 7.61. The van der Waals surface area contributed by atoms with E-state index < -0.39 is 0 Å². The predicted molar refractivity (Wildman–Crippen MR) is 117 cm³/mol. The molecule has 0 unspecified atom stereocenters. The summed E-state index contributed by atoms with van der Waals surface area (Å²) in [6, 6.07) is 25.2. The van der Waals surface area contributed by atoms with Crippen molar-refractivity contribution in [1.82, 2.24) is 9.91 Å². The molecule has 1 N–H and O–H groups in total. The summed E-state index contributed by atoms with van der Waals surface area (Å²) in [6.07, 6.45) is 0. The molecule has 29 heavy (non-hydrogen) atoms. The molecule has 2 aliphatic rings. The van der Waals surface area contributed by atoms with Crippen molar-refractivity contribution in [2.75, 3.05) is 26.2 Å². The van der Waals surface area contributed by atoms with E-state index in [1.54, 1.807) is 12.1 Å². The standard InChI is InChI=1S/C25H25N3O/c1-18(19-10-12-20(29)13-11-19)26-28-16-14-27(15-17-28)25-23-8-4-2-6-21(23)22-7-3-5-9-24(22)25/h2-13,25,29H,14-17H2,1H3. The van der Waals surface area contributed by atoms with E-state index in [2.05, 4.69) is 58.4 Å². The normalized spacial score (nSPS) is 17.3. The van der Waals surface area contributed by atoms with Gasteiger partial charge in [-0.05, 0) is 59.0 Å². The Morgan fingerprint density at radius 2 is 1.34 bits per heavy atom. The van der Waals surface area contributed by atoms with E-state index in [1.165, 1.54) is 22.3 Å². The highest BCUT2D eigenvalue weighted by Crippen LogP contribution is 2.46. The topological polar surface area (TPSA) is 39.1 Å². The van der Waals surface area contributed by atoms with E-state index in [0.29, 0.717) is 6.04 Å². The monoisotopic (exact) mass is 383 g/mol. The number of hydrazone groups is 1. The Hall–Kier alpha value is -3.11. The zero-order valence-corrected chi connectivity index (χ0v) is 16.6. The molecule has 0 spiro atoms. The highest BCUT2D eigenvalue weighted by molar-refractivity contribution is 5.98. The highest BCUT2D eigenvalue weighted by Gasteiger charge is 2.33. The van der Waals surface area contributed by atoms with Crippen LogP contribution in [0, 0.1) is 0 Å². The van der Waals surface area contributed by atoms with Crippen molar-refractivity contribution in [2.45, 2.75) is 13.0 Å². The third kappa shape index (κ3) is 3.30. The van der Waals surface area contributed by atoms with E-state index in [1.807, 2.05) is 19.1 Å². The molecule has 4 nitrogen and oxygen atoms in total. The number of aromatic hydroxyl groups is 1. The van der Waals surface area contributed by atoms with Gasteiger partial charge in [0, 0.05) is 26.2 Å². The quantitative estimate of drug-likeness (QED) is 0.677. The van der Waals surface area contributed by atoms with Crippen molar-refractivity contribution in [3.8, 4) is 16.9 Å². The van der Waals surface area contributed by atoms with Gasteiger partial charge in [0.1, 0.15) is 5.75 Å². The Morgan fingerprint density at radius 3 is 1.93 bits per heavy atom. The summed E-state index contributed by atoms with van der Waals surface area (Å²) < 4.78 is 0. The molecular weight excluding hydrogens is 358 g/mol. The van der Waals surface area contributed by atoms with Crippen LogP contribution in [0.15, 0.2) is 77.9 Å². The molecule has 1 aliphatic heterocycles. The molecule has 0 saturated carbocycles. The van der Waals surface area contributed by atoms with Crippen LogP contribution in [-0.2, 0) is 0 Å². The molecule has 1 heterocycles. The van der Waals surface area contributed by atoms with Crippen LogP contribution in [0.4, 0.5) is 0 Å². The van der Waals surface area contributed by atoms with Crippen LogP contribution in [0.1, 0.15) is 29.7 Å². The van der Waals surface area contributed by atoms with Gasteiger partial charge in [0.15, 0.2) is 0 Å². The van der Waals surface area contributed by atoms with Gasteiger partial charge < -0.3 is 5.11 Å². The first-order valence-corrected chi connectivity index (χ1v) is 10.2. The first kappa shape index (κ1) is 18.0. The van der Waals surface area contributed by atoms with Gasteiger partial charge in [-0.1, -0.05) is 48.5 Å². The molecule has 1 saturated heterocycles. The molecular formula is C25H25N3O. The maximum Gasteiger partial charge on any atom is 0.115 e. The summed E-state index contributed by atoms with van der Waals surface area (Å²) >= 11 is 0. The molecule has 0 amide bonds. The number of nitrogens with zero attached hydrogens (tertiary/aromatic N) is 3. The Labute approximate surface area is 171 Å². The first-order chi connectivity index (χ1) is 14.2. The van der Waals surface area contributed by atoms with Gasteiger partial charge in [0.25, 0.3) is 0 Å². The minimum absolute atomic E-state index is 0.285. The summed E-state index contributed by atoms with van der Waals surface area (Å²) in [4.78, 5) is 2.59. The van der Waals surface area contributed by atoms with Crippen LogP contribution >= 0.6 is 0 Å². The smallest absolute Gasteiger partial charge is 0.115 e. The molecule has 0 atom stereocenters. The number of fused-ring (bicyclic) bond motifs is 3. The van der Waals surface area contributed by atoms with Crippen LogP contribution in [0.5, 0.6) is 5.75 Å². The number of piperazine rings is 1. The van der Waals surface area contributed by atoms with E-state index in [-0.39, 0.29) is 5.75 Å². The largest absolute Gasteiger partial charge is 0.508 e. The fraction of sp³-hybridized carbons (Fsp3) is 0.240. The van der Waals surface area contributed by atoms with Crippen molar-refractivity contribution >= 4 is 5.71 Å². The molecule has 1 aliphatic carbocycles. The molecule has 0 bridgehead atoms. The fourth-order valence-electron chi connectivity index (χ4n) is 4.56. The SMILES string of the molecule is CC(=NN1CCN(C2c3ccccc3-c3ccccc32)CC1)c1ccc(O)cc1. The maximum atomic E-state index is 9.48. The molecule has 3 aromatic carbocycles. The zero-order valence-electron chi connectivity index (χ0n) is 16.6. The number of rotatable bonds is 3. The summed E-state index contributed by atoms with van der Waals surface area (Å²) in [7, 11) is 0. The predicted octanol–water partition coefficient (Wildman–Crippen LogP) is 4.50. The van der Waals surface area contributed by atoms with Gasteiger partial charge >= 0.3 is 0 Å². The van der Waals surface area contributed by atoms with Gasteiger partial charge in [-0.15, -0.1) is 0 Å². The average Bonchev–Trinajstić information content (AvgIpc) is 3.09. The summed E-state index contributed by atoms with van der Waals surface area (Å²) in [5, 5.41) is 16.5. The second kappa shape index (κ2) is 7.37. The van der Waals surface area contributed by atoms with Crippen molar-refractivity contribution in [3.05, 3.63) is 89.5 Å². The minimum atomic E-state index is 0.285. The minimum Gasteiger partial charge on any atom is -0.508 e. The zero-order chi connectivity index (χ0) is 19.8. The van der Waals surface area contributed by atoms with Crippen molar-refractivity contribution in [3.63, 3.8) is 0 Å². The molecule has 146 valence electrons. The molecule has 5 rings (SSSR count). The van der Waals surface area contributed by atoms with Crippen molar-refractivity contribution in [2.24, 2.45) is 5.10 Å². The van der Waals surface area contributed by atoms with Gasteiger partial charge in [0.2, 0.25) is 0 Å². The maximum absolute atomic E-state index is 9.48. The van der Waals surface area contributed by atoms with Gasteiger partial charge in [0.05, 0.1) is 11.8 Å². The van der Waals surface area contributed by atoms with Crippen molar-refractivity contribution in [1.29, 1.82) is 0 Å². The lowest BCUT2D eigenvalue weighted by atomic mass is 10.0. The number of hydrogen-bond acceptors (Lipinski definition) is 4. The van der Waals surface area contributed by atoms with E-state index in [9.17, 15) is 5.11 Å². The van der Waals surface area contributed by atoms with Crippen LogP contribution < -0.4 is 0 Å². The summed E-state index contributed by atoms with van der Waals surface area (Å²) in [5.74, 6) is 0.285. The van der Waals surface area contributed by atoms with Crippen LogP contribution in [-0.4, -0.2) is 46.9 Å². The Kier molecular flexibility index (Phi) is 4.57. The lowest BCUT2D eigenvalue weighted by Gasteiger charge is -2.37. The Morgan fingerprint density at radius 1 is 0.793 bits per heavy atom. The van der Waals surface area contributed by atoms with Gasteiger partial charge in [-0.25, -0.2) is 0 Å². The number of phenolic OH excluding ortho intramolecular Hbond substituents is 1. The number of benzene rings is 3. The van der Waals surface area contributed by atoms with Crippen LogP contribution in [0.3, 0.4) is 0 Å². The lowest BCUT2D eigenvalue weighted by molar-refractivity contribution is 0.114. The number of hydrogen-bond donors (Lipinski definition) is 1. The second-order valence-corrected chi connectivity index (χ2v) is 7.80. The molecule has 3 aromatic rings. The molecule has 4 heteroatoms. The van der Waals surface area contributed by atoms with Gasteiger partial charge in [-0.3, -0.25) is 9.91 Å². The van der Waals surface area contributed by atoms with E-state index in [4.69, 9.17) is 5.10 Å². The number of phenols is 1. The third-order valence-electron chi connectivity index (χ3n) is 6.03. The van der Waals surface area contributed by atoms with Gasteiger partial charge in [-0.2, -0.15) is 5.10 Å².